The number of carbonyl (C=O) groups excluding carboxylic acids is 1. The molecule has 0 saturated carbocycles. The summed E-state index contributed by atoms with van der Waals surface area (Å²) in [7, 11) is 0. The number of hydrogen-bond donors (Lipinski definition) is 3. The van der Waals surface area contributed by atoms with E-state index in [2.05, 4.69) is 33.3 Å². The third kappa shape index (κ3) is 3.78. The molecule has 6 nitrogen and oxygen atoms in total. The normalized spacial score (nSPS) is 25.8. The van der Waals surface area contributed by atoms with Gasteiger partial charge in [-0.25, -0.2) is 5.43 Å². The summed E-state index contributed by atoms with van der Waals surface area (Å²) in [6.45, 7) is 1.31. The van der Waals surface area contributed by atoms with E-state index in [4.69, 9.17) is 4.74 Å². The van der Waals surface area contributed by atoms with Crippen LogP contribution in [-0.4, -0.2) is 29.4 Å². The summed E-state index contributed by atoms with van der Waals surface area (Å²) in [5.41, 5.74) is 8.54. The van der Waals surface area contributed by atoms with Crippen LogP contribution in [0.1, 0.15) is 16.4 Å². The molecule has 2 aromatic rings. The van der Waals surface area contributed by atoms with Crippen LogP contribution in [0.15, 0.2) is 48.8 Å². The number of nitrogens with one attached hydrogen (secondary N) is 3. The van der Waals surface area contributed by atoms with E-state index in [1.807, 2.05) is 30.5 Å². The Labute approximate surface area is 150 Å². The lowest BCUT2D eigenvalue weighted by Gasteiger charge is -2.24. The smallest absolute Gasteiger partial charge is 0.231 e. The van der Waals surface area contributed by atoms with E-state index in [1.54, 1.807) is 18.0 Å². The first kappa shape index (κ1) is 16.4. The molecule has 3 heterocycles. The average molecular weight is 356 g/mol. The molecule has 7 heteroatoms. The van der Waals surface area contributed by atoms with Gasteiger partial charge in [0, 0.05) is 35.7 Å². The molecule has 2 aliphatic rings. The highest BCUT2D eigenvalue weighted by atomic mass is 32.2. The number of pyridine rings is 1. The standard InChI is InChI=1S/C18H20N4O2S/c23-16-11-25-17(15-9-20-22-18(15)21-16)13-4-1-5-14(7-13)24-10-12-3-2-6-19-8-12/h1-8,15,17-18,20,22H,9-11H2,(H,21,23). The molecule has 3 N–H and O–H groups in total. The maximum Gasteiger partial charge on any atom is 0.231 e. The number of thioether (sulfide) groups is 1. The van der Waals surface area contributed by atoms with Gasteiger partial charge in [-0.15, -0.1) is 11.8 Å². The lowest BCUT2D eigenvalue weighted by Crippen LogP contribution is -2.46. The lowest BCUT2D eigenvalue weighted by atomic mass is 9.96. The van der Waals surface area contributed by atoms with Crippen LogP contribution in [0.25, 0.3) is 0 Å². The minimum absolute atomic E-state index is 0.0348. The number of amides is 1. The fourth-order valence-electron chi connectivity index (χ4n) is 3.22. The van der Waals surface area contributed by atoms with Gasteiger partial charge in [-0.2, -0.15) is 0 Å². The molecule has 2 fully saturated rings. The average Bonchev–Trinajstić information content (AvgIpc) is 3.03. The Morgan fingerprint density at radius 1 is 1.28 bits per heavy atom. The largest absolute Gasteiger partial charge is 0.489 e. The summed E-state index contributed by atoms with van der Waals surface area (Å²) in [4.78, 5) is 16.0. The summed E-state index contributed by atoms with van der Waals surface area (Å²) in [5, 5.41) is 3.26. The predicted molar refractivity (Wildman–Crippen MR) is 96.8 cm³/mol. The second-order valence-electron chi connectivity index (χ2n) is 6.19. The first-order chi connectivity index (χ1) is 12.3. The predicted octanol–water partition coefficient (Wildman–Crippen LogP) is 1.61. The zero-order valence-corrected chi connectivity index (χ0v) is 14.5. The van der Waals surface area contributed by atoms with Crippen LogP contribution in [0.2, 0.25) is 0 Å². The zero-order valence-electron chi connectivity index (χ0n) is 13.6. The number of nitrogens with zero attached hydrogens (tertiary/aromatic N) is 1. The Bertz CT molecular complexity index is 743. The van der Waals surface area contributed by atoms with E-state index in [-0.39, 0.29) is 17.3 Å². The number of carbonyl (C=O) groups is 1. The molecule has 0 radical (unpaired) electrons. The van der Waals surface area contributed by atoms with Crippen molar-refractivity contribution in [3.8, 4) is 5.75 Å². The van der Waals surface area contributed by atoms with Gasteiger partial charge < -0.3 is 10.1 Å². The quantitative estimate of drug-likeness (QED) is 0.773. The highest BCUT2D eigenvalue weighted by Gasteiger charge is 2.38. The Morgan fingerprint density at radius 2 is 2.24 bits per heavy atom. The Hall–Kier alpha value is -2.09. The number of ether oxygens (including phenoxy) is 1. The summed E-state index contributed by atoms with van der Waals surface area (Å²) in [6.07, 6.45) is 3.53. The maximum atomic E-state index is 11.9. The van der Waals surface area contributed by atoms with Gasteiger partial charge in [-0.05, 0) is 23.8 Å². The molecule has 0 aliphatic carbocycles. The maximum absolute atomic E-state index is 11.9. The molecule has 3 atom stereocenters. The van der Waals surface area contributed by atoms with Crippen LogP contribution >= 0.6 is 11.8 Å². The molecule has 1 aromatic heterocycles. The Kier molecular flexibility index (Phi) is 4.87. The molecule has 0 bridgehead atoms. The van der Waals surface area contributed by atoms with Crippen molar-refractivity contribution < 1.29 is 9.53 Å². The fourth-order valence-corrected chi connectivity index (χ4v) is 4.47. The number of benzene rings is 1. The number of rotatable bonds is 4. The van der Waals surface area contributed by atoms with E-state index < -0.39 is 0 Å². The first-order valence-corrected chi connectivity index (χ1v) is 9.35. The lowest BCUT2D eigenvalue weighted by molar-refractivity contribution is -0.119. The number of hydrogen-bond acceptors (Lipinski definition) is 6. The number of aromatic nitrogens is 1. The molecule has 4 rings (SSSR count). The van der Waals surface area contributed by atoms with Gasteiger partial charge in [0.25, 0.3) is 0 Å². The first-order valence-electron chi connectivity index (χ1n) is 8.30. The molecule has 2 saturated heterocycles. The third-order valence-corrected chi connectivity index (χ3v) is 5.85. The van der Waals surface area contributed by atoms with Gasteiger partial charge in [0.2, 0.25) is 5.91 Å². The van der Waals surface area contributed by atoms with Gasteiger partial charge in [0.1, 0.15) is 12.4 Å². The van der Waals surface area contributed by atoms with Crippen LogP contribution in [0.3, 0.4) is 0 Å². The van der Waals surface area contributed by atoms with Crippen LogP contribution in [-0.2, 0) is 11.4 Å². The van der Waals surface area contributed by atoms with Crippen LogP contribution in [0.4, 0.5) is 0 Å². The van der Waals surface area contributed by atoms with Crippen molar-refractivity contribution >= 4 is 17.7 Å². The van der Waals surface area contributed by atoms with Crippen molar-refractivity contribution in [2.45, 2.75) is 18.0 Å². The van der Waals surface area contributed by atoms with E-state index in [9.17, 15) is 4.79 Å². The Balaban J connectivity index is 1.51. The third-order valence-electron chi connectivity index (χ3n) is 4.44. The highest BCUT2D eigenvalue weighted by molar-refractivity contribution is 8.00. The van der Waals surface area contributed by atoms with Gasteiger partial charge in [-0.3, -0.25) is 15.2 Å². The van der Waals surface area contributed by atoms with Crippen molar-refractivity contribution in [2.75, 3.05) is 12.3 Å². The molecular weight excluding hydrogens is 336 g/mol. The molecule has 1 aromatic carbocycles. The summed E-state index contributed by atoms with van der Waals surface area (Å²) >= 11 is 1.69. The second-order valence-corrected chi connectivity index (χ2v) is 7.32. The molecule has 2 aliphatic heterocycles. The van der Waals surface area contributed by atoms with Crippen LogP contribution in [0, 0.1) is 5.92 Å². The van der Waals surface area contributed by atoms with Crippen LogP contribution < -0.4 is 20.9 Å². The summed E-state index contributed by atoms with van der Waals surface area (Å²) < 4.78 is 5.92. The number of hydrazine groups is 1. The van der Waals surface area contributed by atoms with Gasteiger partial charge in [0.15, 0.2) is 0 Å². The van der Waals surface area contributed by atoms with Gasteiger partial charge >= 0.3 is 0 Å². The summed E-state index contributed by atoms with van der Waals surface area (Å²) in [5.74, 6) is 1.67. The van der Waals surface area contributed by atoms with E-state index >= 15 is 0 Å². The zero-order chi connectivity index (χ0) is 17.1. The minimum atomic E-state index is -0.0348. The highest BCUT2D eigenvalue weighted by Crippen LogP contribution is 2.40. The molecule has 1 amide bonds. The Morgan fingerprint density at radius 3 is 3.12 bits per heavy atom. The van der Waals surface area contributed by atoms with Crippen molar-refractivity contribution in [1.82, 2.24) is 21.2 Å². The molecule has 3 unspecified atom stereocenters. The molecule has 0 spiro atoms. The minimum Gasteiger partial charge on any atom is -0.489 e. The van der Waals surface area contributed by atoms with Crippen molar-refractivity contribution in [3.05, 3.63) is 59.9 Å². The van der Waals surface area contributed by atoms with E-state index in [0.29, 0.717) is 18.3 Å². The van der Waals surface area contributed by atoms with Crippen LogP contribution in [0.5, 0.6) is 5.75 Å². The second kappa shape index (κ2) is 7.43. The van der Waals surface area contributed by atoms with E-state index in [1.165, 1.54) is 5.56 Å². The molecular formula is C18H20N4O2S. The summed E-state index contributed by atoms with van der Waals surface area (Å²) in [6, 6.07) is 12.1. The fraction of sp³-hybridized carbons (Fsp3) is 0.333. The number of fused-ring (bicyclic) bond motifs is 1. The molecule has 130 valence electrons. The topological polar surface area (TPSA) is 75.3 Å². The van der Waals surface area contributed by atoms with Crippen molar-refractivity contribution in [3.63, 3.8) is 0 Å². The molecule has 25 heavy (non-hydrogen) atoms. The van der Waals surface area contributed by atoms with Crippen molar-refractivity contribution in [2.24, 2.45) is 5.92 Å². The van der Waals surface area contributed by atoms with E-state index in [0.717, 1.165) is 17.9 Å². The van der Waals surface area contributed by atoms with Gasteiger partial charge in [0.05, 0.1) is 11.9 Å². The monoisotopic (exact) mass is 356 g/mol. The van der Waals surface area contributed by atoms with Crippen molar-refractivity contribution in [1.29, 1.82) is 0 Å². The SMILES string of the molecule is O=C1CSC(c2cccc(OCc3cccnc3)c2)C2CNNC2N1. The van der Waals surface area contributed by atoms with Gasteiger partial charge in [-0.1, -0.05) is 18.2 Å².